The summed E-state index contributed by atoms with van der Waals surface area (Å²) < 4.78 is 0. The lowest BCUT2D eigenvalue weighted by Gasteiger charge is -2.48. The Kier molecular flexibility index (Phi) is 6.15. The summed E-state index contributed by atoms with van der Waals surface area (Å²) in [6, 6.07) is 21.7. The minimum atomic E-state index is -2.59. The van der Waals surface area contributed by atoms with E-state index < -0.39 is 8.07 Å². The number of hydrogen-bond acceptors (Lipinski definition) is 0. The van der Waals surface area contributed by atoms with Crippen LogP contribution < -0.4 is 15.6 Å². The van der Waals surface area contributed by atoms with Gasteiger partial charge >= 0.3 is 0 Å². The molecule has 0 nitrogen and oxygen atoms in total. The summed E-state index contributed by atoms with van der Waals surface area (Å²) in [4.78, 5) is 0. The smallest absolute Gasteiger partial charge is 0.0730 e. The molecule has 0 amide bonds. The van der Waals surface area contributed by atoms with Crippen LogP contribution in [0.4, 0.5) is 0 Å². The molecule has 1 aliphatic carbocycles. The molecule has 0 bridgehead atoms. The van der Waals surface area contributed by atoms with Crippen molar-refractivity contribution in [1.82, 2.24) is 0 Å². The maximum atomic E-state index is 2.61. The van der Waals surface area contributed by atoms with Gasteiger partial charge in [-0.05, 0) is 83.4 Å². The largest absolute Gasteiger partial charge is 0.162 e. The Labute approximate surface area is 208 Å². The minimum absolute atomic E-state index is 0.0680. The number of benzene rings is 3. The molecule has 4 rings (SSSR count). The first-order valence-corrected chi connectivity index (χ1v) is 14.5. The number of rotatable bonds is 4. The van der Waals surface area contributed by atoms with Crippen molar-refractivity contribution < 1.29 is 0 Å². The quantitative estimate of drug-likeness (QED) is 0.286. The molecule has 34 heavy (non-hydrogen) atoms. The standard InChI is InChI=1S/C33H40Si/c1-21-11-13-31(25(5)16-21)34(30-18-23(3)15-24(4)19-30,32-14-12-22(2)17-26(32)6)33(10)20-27(7)28(8)29(33)9/h11-20H,1-10H3. The highest BCUT2D eigenvalue weighted by atomic mass is 28.3. The number of allylic oxidation sites excluding steroid dienone is 4. The van der Waals surface area contributed by atoms with Gasteiger partial charge in [0, 0.05) is 5.04 Å². The zero-order chi connectivity index (χ0) is 25.0. The van der Waals surface area contributed by atoms with E-state index in [2.05, 4.69) is 130 Å². The Morgan fingerprint density at radius 1 is 0.559 bits per heavy atom. The second kappa shape index (κ2) is 8.54. The molecular weight excluding hydrogens is 424 g/mol. The van der Waals surface area contributed by atoms with Gasteiger partial charge in [-0.2, -0.15) is 0 Å². The van der Waals surface area contributed by atoms with Crippen LogP contribution in [-0.2, 0) is 0 Å². The molecule has 0 spiro atoms. The van der Waals surface area contributed by atoms with E-state index in [4.69, 9.17) is 0 Å². The third-order valence-corrected chi connectivity index (χ3v) is 14.4. The molecule has 3 aromatic rings. The zero-order valence-electron chi connectivity index (χ0n) is 22.8. The average Bonchev–Trinajstić information content (AvgIpc) is 2.94. The van der Waals surface area contributed by atoms with E-state index in [1.807, 2.05) is 0 Å². The van der Waals surface area contributed by atoms with Gasteiger partial charge in [-0.25, -0.2) is 0 Å². The van der Waals surface area contributed by atoms with Crippen molar-refractivity contribution >= 4 is 23.6 Å². The summed E-state index contributed by atoms with van der Waals surface area (Å²) in [5, 5.41) is 4.53. The zero-order valence-corrected chi connectivity index (χ0v) is 23.8. The van der Waals surface area contributed by atoms with Crippen LogP contribution in [0.15, 0.2) is 77.4 Å². The van der Waals surface area contributed by atoms with Crippen molar-refractivity contribution in [1.29, 1.82) is 0 Å². The Bertz CT molecular complexity index is 1280. The summed E-state index contributed by atoms with van der Waals surface area (Å²) in [5.41, 5.74) is 12.6. The van der Waals surface area contributed by atoms with Crippen molar-refractivity contribution in [2.24, 2.45) is 0 Å². The second-order valence-corrected chi connectivity index (χ2v) is 15.2. The third kappa shape index (κ3) is 3.57. The number of hydrogen-bond donors (Lipinski definition) is 0. The lowest BCUT2D eigenvalue weighted by Crippen LogP contribution is -2.74. The van der Waals surface area contributed by atoms with Gasteiger partial charge in [0.15, 0.2) is 8.07 Å². The average molecular weight is 465 g/mol. The lowest BCUT2D eigenvalue weighted by atomic mass is 10.0. The van der Waals surface area contributed by atoms with Crippen molar-refractivity contribution in [3.8, 4) is 0 Å². The Morgan fingerprint density at radius 3 is 1.41 bits per heavy atom. The van der Waals surface area contributed by atoms with E-state index in [0.29, 0.717) is 0 Å². The topological polar surface area (TPSA) is 0 Å². The summed E-state index contributed by atoms with van der Waals surface area (Å²) in [6.45, 7) is 23.1. The lowest BCUT2D eigenvalue weighted by molar-refractivity contribution is 0.869. The minimum Gasteiger partial charge on any atom is -0.0730 e. The number of aryl methyl sites for hydroxylation is 6. The van der Waals surface area contributed by atoms with Crippen LogP contribution in [0.25, 0.3) is 0 Å². The molecular formula is C33H40Si. The van der Waals surface area contributed by atoms with E-state index in [0.717, 1.165) is 0 Å². The molecule has 0 saturated carbocycles. The van der Waals surface area contributed by atoms with Crippen LogP contribution in [0.3, 0.4) is 0 Å². The van der Waals surface area contributed by atoms with Crippen LogP contribution in [0.5, 0.6) is 0 Å². The van der Waals surface area contributed by atoms with E-state index in [1.54, 1.807) is 0 Å². The summed E-state index contributed by atoms with van der Waals surface area (Å²) in [5.74, 6) is 0. The fraction of sp³-hybridized carbons (Fsp3) is 0.333. The monoisotopic (exact) mass is 464 g/mol. The molecule has 1 aliphatic rings. The van der Waals surface area contributed by atoms with Gasteiger partial charge in [-0.15, -0.1) is 0 Å². The molecule has 1 unspecified atom stereocenters. The van der Waals surface area contributed by atoms with E-state index >= 15 is 0 Å². The molecule has 176 valence electrons. The fourth-order valence-corrected chi connectivity index (χ4v) is 13.4. The predicted molar refractivity (Wildman–Crippen MR) is 153 cm³/mol. The molecule has 3 aromatic carbocycles. The van der Waals surface area contributed by atoms with Crippen LogP contribution in [-0.4, -0.2) is 8.07 Å². The molecule has 0 N–H and O–H groups in total. The van der Waals surface area contributed by atoms with Gasteiger partial charge in [0.1, 0.15) is 0 Å². The van der Waals surface area contributed by atoms with Crippen LogP contribution in [0.2, 0.25) is 5.04 Å². The molecule has 0 saturated heterocycles. The van der Waals surface area contributed by atoms with Crippen molar-refractivity contribution in [2.45, 2.75) is 74.3 Å². The summed E-state index contributed by atoms with van der Waals surface area (Å²) in [7, 11) is -2.59. The van der Waals surface area contributed by atoms with Crippen LogP contribution in [0, 0.1) is 41.5 Å². The van der Waals surface area contributed by atoms with Crippen molar-refractivity contribution in [3.63, 3.8) is 0 Å². The first kappa shape index (κ1) is 24.5. The first-order chi connectivity index (χ1) is 15.9. The third-order valence-electron chi connectivity index (χ3n) is 8.44. The molecule has 1 heteroatoms. The fourth-order valence-electron chi connectivity index (χ4n) is 6.70. The van der Waals surface area contributed by atoms with E-state index in [-0.39, 0.29) is 5.04 Å². The maximum Gasteiger partial charge on any atom is 0.162 e. The molecule has 1 atom stereocenters. The first-order valence-electron chi connectivity index (χ1n) is 12.5. The van der Waals surface area contributed by atoms with Crippen LogP contribution in [0.1, 0.15) is 61.1 Å². The highest BCUT2D eigenvalue weighted by Crippen LogP contribution is 2.53. The molecule has 0 heterocycles. The van der Waals surface area contributed by atoms with Gasteiger partial charge in [0.25, 0.3) is 0 Å². The van der Waals surface area contributed by atoms with E-state index in [9.17, 15) is 0 Å². The van der Waals surface area contributed by atoms with Crippen LogP contribution >= 0.6 is 0 Å². The Hall–Kier alpha value is -2.64. The van der Waals surface area contributed by atoms with Crippen molar-refractivity contribution in [2.75, 3.05) is 0 Å². The molecule has 0 aromatic heterocycles. The van der Waals surface area contributed by atoms with Gasteiger partial charge in [-0.1, -0.05) is 112 Å². The Balaban J connectivity index is 2.31. The summed E-state index contributed by atoms with van der Waals surface area (Å²) >= 11 is 0. The maximum absolute atomic E-state index is 2.61. The highest BCUT2D eigenvalue weighted by Gasteiger charge is 2.57. The molecule has 0 radical (unpaired) electrons. The van der Waals surface area contributed by atoms with E-state index in [1.165, 1.54) is 65.7 Å². The predicted octanol–water partition coefficient (Wildman–Crippen LogP) is 7.06. The van der Waals surface area contributed by atoms with Gasteiger partial charge < -0.3 is 0 Å². The van der Waals surface area contributed by atoms with Gasteiger partial charge in [0.05, 0.1) is 0 Å². The SMILES string of the molecule is CC1=CC(C)([Si](c2cc(C)cc(C)c2)(c2ccc(C)cc2C)c2ccc(C)cc2C)C(C)=C1C. The Morgan fingerprint density at radius 2 is 1.03 bits per heavy atom. The second-order valence-electron chi connectivity index (χ2n) is 11.0. The van der Waals surface area contributed by atoms with Gasteiger partial charge in [-0.3, -0.25) is 0 Å². The highest BCUT2D eigenvalue weighted by molar-refractivity contribution is 7.14. The summed E-state index contributed by atoms with van der Waals surface area (Å²) in [6.07, 6.45) is 2.61. The van der Waals surface area contributed by atoms with Gasteiger partial charge in [0.2, 0.25) is 0 Å². The van der Waals surface area contributed by atoms with Crippen molar-refractivity contribution in [3.05, 3.63) is 111 Å². The molecule has 0 aliphatic heterocycles. The molecule has 0 fully saturated rings. The normalized spacial score (nSPS) is 18.5.